The van der Waals surface area contributed by atoms with Gasteiger partial charge in [0.05, 0.1) is 23.8 Å². The lowest BCUT2D eigenvalue weighted by atomic mass is 10.1. The van der Waals surface area contributed by atoms with E-state index >= 15 is 0 Å². The van der Waals surface area contributed by atoms with Gasteiger partial charge in [-0.2, -0.15) is 0 Å². The van der Waals surface area contributed by atoms with Gasteiger partial charge in [0.1, 0.15) is 5.82 Å². The van der Waals surface area contributed by atoms with Crippen molar-refractivity contribution in [1.29, 1.82) is 0 Å². The Morgan fingerprint density at radius 3 is 2.91 bits per heavy atom. The van der Waals surface area contributed by atoms with Crippen LogP contribution in [0.2, 0.25) is 5.02 Å². The number of aryl methyl sites for hydroxylation is 1. The molecule has 0 aromatic heterocycles. The average molecular weight is 329 g/mol. The van der Waals surface area contributed by atoms with Crippen LogP contribution in [0, 0.1) is 18.7 Å². The molecule has 6 heteroatoms. The molecule has 122 valence electrons. The molecule has 1 fully saturated rings. The first-order chi connectivity index (χ1) is 10.4. The molecule has 1 aliphatic rings. The molecule has 0 radical (unpaired) electrons. The molecule has 0 bridgehead atoms. The molecule has 1 unspecified atom stereocenters. The largest absolute Gasteiger partial charge is 0.379 e. The predicted molar refractivity (Wildman–Crippen MR) is 84.9 cm³/mol. The van der Waals surface area contributed by atoms with Crippen molar-refractivity contribution >= 4 is 17.5 Å². The Morgan fingerprint density at radius 1 is 1.50 bits per heavy atom. The van der Waals surface area contributed by atoms with Gasteiger partial charge in [-0.15, -0.1) is 0 Å². The van der Waals surface area contributed by atoms with Crippen molar-refractivity contribution in [3.05, 3.63) is 34.1 Å². The Balaban J connectivity index is 2.22. The van der Waals surface area contributed by atoms with Gasteiger partial charge in [-0.05, 0) is 32.6 Å². The minimum Gasteiger partial charge on any atom is -0.379 e. The fourth-order valence-electron chi connectivity index (χ4n) is 2.70. The second-order valence-electron chi connectivity index (χ2n) is 6.01. The van der Waals surface area contributed by atoms with Crippen LogP contribution in [0.3, 0.4) is 0 Å². The Hall–Kier alpha value is -1.17. The van der Waals surface area contributed by atoms with Crippen LogP contribution in [0.5, 0.6) is 0 Å². The summed E-state index contributed by atoms with van der Waals surface area (Å²) in [6.45, 7) is 4.63. The lowest BCUT2D eigenvalue weighted by Gasteiger charge is -2.26. The number of nitrogens with zero attached hydrogens (tertiary/aromatic N) is 2. The summed E-state index contributed by atoms with van der Waals surface area (Å²) in [7, 11) is 3.96. The van der Waals surface area contributed by atoms with Gasteiger partial charge in [-0.3, -0.25) is 4.79 Å². The molecule has 0 spiro atoms. The zero-order valence-electron chi connectivity index (χ0n) is 13.2. The van der Waals surface area contributed by atoms with Gasteiger partial charge in [-0.1, -0.05) is 17.7 Å². The first-order valence-electron chi connectivity index (χ1n) is 7.36. The minimum atomic E-state index is -0.574. The molecular weight excluding hydrogens is 307 g/mol. The van der Waals surface area contributed by atoms with Gasteiger partial charge < -0.3 is 14.5 Å². The van der Waals surface area contributed by atoms with E-state index in [0.717, 1.165) is 6.54 Å². The van der Waals surface area contributed by atoms with Crippen molar-refractivity contribution in [2.75, 3.05) is 46.9 Å². The quantitative estimate of drug-likeness (QED) is 0.854. The third kappa shape index (κ3) is 3.97. The number of carbonyl (C=O) groups is 1. The van der Waals surface area contributed by atoms with E-state index in [9.17, 15) is 9.18 Å². The molecule has 0 aliphatic carbocycles. The minimum absolute atomic E-state index is 0.0350. The van der Waals surface area contributed by atoms with E-state index in [4.69, 9.17) is 16.3 Å². The van der Waals surface area contributed by atoms with Crippen molar-refractivity contribution in [2.45, 2.75) is 6.92 Å². The van der Waals surface area contributed by atoms with Crippen molar-refractivity contribution < 1.29 is 13.9 Å². The molecular formula is C16H22ClFN2O2. The van der Waals surface area contributed by atoms with E-state index in [1.54, 1.807) is 17.9 Å². The molecule has 1 aliphatic heterocycles. The van der Waals surface area contributed by atoms with E-state index in [-0.39, 0.29) is 22.4 Å². The molecule has 2 rings (SSSR count). The predicted octanol–water partition coefficient (Wildman–Crippen LogP) is 2.44. The lowest BCUT2D eigenvalue weighted by Crippen LogP contribution is -2.39. The number of amides is 1. The van der Waals surface area contributed by atoms with Crippen LogP contribution in [0.25, 0.3) is 0 Å². The van der Waals surface area contributed by atoms with Crippen LogP contribution < -0.4 is 0 Å². The third-order valence-electron chi connectivity index (χ3n) is 3.75. The first-order valence-corrected chi connectivity index (χ1v) is 7.74. The summed E-state index contributed by atoms with van der Waals surface area (Å²) in [6.07, 6.45) is 0. The van der Waals surface area contributed by atoms with Gasteiger partial charge in [0.15, 0.2) is 0 Å². The highest BCUT2D eigenvalue weighted by Crippen LogP contribution is 2.25. The summed E-state index contributed by atoms with van der Waals surface area (Å²) in [4.78, 5) is 16.4. The van der Waals surface area contributed by atoms with Crippen molar-refractivity contribution in [3.63, 3.8) is 0 Å². The van der Waals surface area contributed by atoms with E-state index in [1.165, 1.54) is 6.07 Å². The van der Waals surface area contributed by atoms with E-state index in [2.05, 4.69) is 4.90 Å². The Morgan fingerprint density at radius 2 is 2.23 bits per heavy atom. The monoisotopic (exact) mass is 328 g/mol. The maximum atomic E-state index is 14.1. The van der Waals surface area contributed by atoms with Gasteiger partial charge >= 0.3 is 0 Å². The zero-order chi connectivity index (χ0) is 16.3. The standard InChI is InChI=1S/C16H22ClFN2O2/c1-11-4-5-13(18)14(15(11)17)16(21)20-6-7-22-10-12(9-20)8-19(2)3/h4-5,12H,6-10H2,1-3H3. The molecule has 0 saturated carbocycles. The summed E-state index contributed by atoms with van der Waals surface area (Å²) in [5.41, 5.74) is 0.662. The van der Waals surface area contributed by atoms with E-state index in [1.807, 2.05) is 14.1 Å². The Labute approximate surface area is 135 Å². The zero-order valence-corrected chi connectivity index (χ0v) is 14.0. The molecule has 0 N–H and O–H groups in total. The summed E-state index contributed by atoms with van der Waals surface area (Å²) < 4.78 is 19.6. The molecule has 4 nitrogen and oxygen atoms in total. The molecule has 1 aromatic rings. The molecule has 1 amide bonds. The highest BCUT2D eigenvalue weighted by Gasteiger charge is 2.27. The van der Waals surface area contributed by atoms with Gasteiger partial charge in [0.25, 0.3) is 5.91 Å². The van der Waals surface area contributed by atoms with E-state index in [0.29, 0.717) is 31.9 Å². The van der Waals surface area contributed by atoms with E-state index < -0.39 is 5.82 Å². The van der Waals surface area contributed by atoms with Crippen molar-refractivity contribution in [2.24, 2.45) is 5.92 Å². The van der Waals surface area contributed by atoms with Crippen LogP contribution in [0.15, 0.2) is 12.1 Å². The average Bonchev–Trinajstić information content (AvgIpc) is 2.68. The van der Waals surface area contributed by atoms with Gasteiger partial charge in [0.2, 0.25) is 0 Å². The lowest BCUT2D eigenvalue weighted by molar-refractivity contribution is 0.0730. The summed E-state index contributed by atoms with van der Waals surface area (Å²) in [5, 5.41) is 0.194. The number of halogens is 2. The number of rotatable bonds is 3. The van der Waals surface area contributed by atoms with Crippen molar-refractivity contribution in [3.8, 4) is 0 Å². The molecule has 1 saturated heterocycles. The normalized spacial score (nSPS) is 19.4. The summed E-state index contributed by atoms with van der Waals surface area (Å²) >= 11 is 6.15. The van der Waals surface area contributed by atoms with Crippen LogP contribution >= 0.6 is 11.6 Å². The third-order valence-corrected chi connectivity index (χ3v) is 4.23. The van der Waals surface area contributed by atoms with Gasteiger partial charge in [0, 0.05) is 25.6 Å². The van der Waals surface area contributed by atoms with Crippen LogP contribution in [-0.2, 0) is 4.74 Å². The fraction of sp³-hybridized carbons (Fsp3) is 0.562. The smallest absolute Gasteiger partial charge is 0.258 e. The molecule has 1 atom stereocenters. The Bertz CT molecular complexity index is 551. The number of benzene rings is 1. The van der Waals surface area contributed by atoms with Gasteiger partial charge in [-0.25, -0.2) is 4.39 Å². The number of hydrogen-bond acceptors (Lipinski definition) is 3. The first kappa shape index (κ1) is 17.2. The maximum absolute atomic E-state index is 14.1. The number of hydrogen-bond donors (Lipinski definition) is 0. The maximum Gasteiger partial charge on any atom is 0.258 e. The Kier molecular flexibility index (Phi) is 5.78. The number of ether oxygens (including phenoxy) is 1. The van der Waals surface area contributed by atoms with Crippen LogP contribution in [-0.4, -0.2) is 62.7 Å². The second kappa shape index (κ2) is 7.40. The summed E-state index contributed by atoms with van der Waals surface area (Å²) in [5.74, 6) is -0.733. The molecule has 1 heterocycles. The highest BCUT2D eigenvalue weighted by atomic mass is 35.5. The molecule has 1 aromatic carbocycles. The fourth-order valence-corrected chi connectivity index (χ4v) is 2.94. The number of carbonyl (C=O) groups excluding carboxylic acids is 1. The molecule has 22 heavy (non-hydrogen) atoms. The highest BCUT2D eigenvalue weighted by molar-refractivity contribution is 6.34. The van der Waals surface area contributed by atoms with Crippen LogP contribution in [0.1, 0.15) is 15.9 Å². The van der Waals surface area contributed by atoms with Crippen molar-refractivity contribution in [1.82, 2.24) is 9.80 Å². The summed E-state index contributed by atoms with van der Waals surface area (Å²) in [6, 6.07) is 2.87. The van der Waals surface area contributed by atoms with Crippen LogP contribution in [0.4, 0.5) is 4.39 Å². The topological polar surface area (TPSA) is 32.8 Å². The SMILES string of the molecule is Cc1ccc(F)c(C(=O)N2CCOCC(CN(C)C)C2)c1Cl. The second-order valence-corrected chi connectivity index (χ2v) is 6.39.